The molecule has 3 aromatic rings. The van der Waals surface area contributed by atoms with E-state index in [9.17, 15) is 4.79 Å². The number of carboxylic acids is 1. The molecule has 0 aliphatic carbocycles. The fourth-order valence-corrected chi connectivity index (χ4v) is 2.37. The van der Waals surface area contributed by atoms with Crippen molar-refractivity contribution in [2.24, 2.45) is 0 Å². The number of rotatable bonds is 2. The Morgan fingerprint density at radius 2 is 1.95 bits per heavy atom. The quantitative estimate of drug-likeness (QED) is 0.734. The average molecular weight is 272 g/mol. The molecule has 0 bridgehead atoms. The van der Waals surface area contributed by atoms with Crippen LogP contribution in [0.25, 0.3) is 22.0 Å². The summed E-state index contributed by atoms with van der Waals surface area (Å²) in [4.78, 5) is 14.3. The van der Waals surface area contributed by atoms with Crippen LogP contribution in [0.3, 0.4) is 0 Å². The summed E-state index contributed by atoms with van der Waals surface area (Å²) in [6, 6.07) is 12.9. The van der Waals surface area contributed by atoms with E-state index in [0.29, 0.717) is 0 Å². The Kier molecular flexibility index (Phi) is 2.76. The van der Waals surface area contributed by atoms with Gasteiger partial charge in [-0.05, 0) is 23.8 Å². The maximum atomic E-state index is 11.1. The van der Waals surface area contributed by atoms with Gasteiger partial charge in [-0.1, -0.05) is 35.9 Å². The Hall–Kier alpha value is -2.26. The van der Waals surface area contributed by atoms with Crippen molar-refractivity contribution >= 4 is 28.5 Å². The van der Waals surface area contributed by atoms with E-state index in [1.54, 1.807) is 12.1 Å². The maximum absolute atomic E-state index is 11.1. The molecule has 0 aliphatic heterocycles. The van der Waals surface area contributed by atoms with E-state index in [1.165, 1.54) is 0 Å². The van der Waals surface area contributed by atoms with Gasteiger partial charge in [0, 0.05) is 22.7 Å². The third-order valence-corrected chi connectivity index (χ3v) is 3.43. The number of H-pyrrole nitrogens is 1. The largest absolute Gasteiger partial charge is 0.478 e. The number of aromatic amines is 1. The molecule has 3 rings (SSSR count). The minimum Gasteiger partial charge on any atom is -0.478 e. The van der Waals surface area contributed by atoms with Crippen molar-refractivity contribution in [3.8, 4) is 11.1 Å². The van der Waals surface area contributed by atoms with E-state index in [0.717, 1.165) is 22.0 Å². The Morgan fingerprint density at radius 1 is 1.16 bits per heavy atom. The van der Waals surface area contributed by atoms with Crippen LogP contribution in [-0.2, 0) is 0 Å². The number of carbonyl (C=O) groups is 1. The molecule has 1 aromatic heterocycles. The van der Waals surface area contributed by atoms with Gasteiger partial charge in [-0.15, -0.1) is 0 Å². The van der Waals surface area contributed by atoms with Gasteiger partial charge in [0.1, 0.15) is 0 Å². The molecule has 3 nitrogen and oxygen atoms in total. The highest BCUT2D eigenvalue weighted by Gasteiger charge is 2.12. The molecule has 0 saturated carbocycles. The van der Waals surface area contributed by atoms with Crippen molar-refractivity contribution < 1.29 is 9.90 Å². The SMILES string of the molecule is O=C(O)c1cc(-c2c[nH]c3ccccc23)ccc1Cl. The van der Waals surface area contributed by atoms with Crippen LogP contribution in [0.1, 0.15) is 10.4 Å². The molecule has 1 heterocycles. The lowest BCUT2D eigenvalue weighted by molar-refractivity contribution is 0.0697. The number of hydrogen-bond acceptors (Lipinski definition) is 1. The first-order chi connectivity index (χ1) is 9.16. The minimum absolute atomic E-state index is 0.115. The molecule has 0 aliphatic rings. The third-order valence-electron chi connectivity index (χ3n) is 3.10. The number of carboxylic acid groups (broad SMARTS) is 1. The van der Waals surface area contributed by atoms with Gasteiger partial charge in [0.25, 0.3) is 0 Å². The molecule has 2 aromatic carbocycles. The standard InChI is InChI=1S/C15H10ClNO2/c16-13-6-5-9(7-11(13)15(18)19)12-8-17-14-4-2-1-3-10(12)14/h1-8,17H,(H,18,19). The number of hydrogen-bond donors (Lipinski definition) is 2. The molecule has 0 amide bonds. The molecule has 2 N–H and O–H groups in total. The van der Waals surface area contributed by atoms with Crippen molar-refractivity contribution in [2.45, 2.75) is 0 Å². The van der Waals surface area contributed by atoms with E-state index in [4.69, 9.17) is 16.7 Å². The molecule has 4 heteroatoms. The lowest BCUT2D eigenvalue weighted by Gasteiger charge is -2.03. The Labute approximate surface area is 114 Å². The summed E-state index contributed by atoms with van der Waals surface area (Å²) in [7, 11) is 0. The summed E-state index contributed by atoms with van der Waals surface area (Å²) >= 11 is 5.88. The number of fused-ring (bicyclic) bond motifs is 1. The van der Waals surface area contributed by atoms with Crippen LogP contribution in [0, 0.1) is 0 Å². The number of benzene rings is 2. The summed E-state index contributed by atoms with van der Waals surface area (Å²) < 4.78 is 0. The van der Waals surface area contributed by atoms with Gasteiger partial charge in [0.2, 0.25) is 0 Å². The van der Waals surface area contributed by atoms with E-state index < -0.39 is 5.97 Å². The molecule has 19 heavy (non-hydrogen) atoms. The molecule has 0 saturated heterocycles. The van der Waals surface area contributed by atoms with Gasteiger partial charge in [-0.25, -0.2) is 4.79 Å². The normalized spacial score (nSPS) is 10.8. The van der Waals surface area contributed by atoms with Gasteiger partial charge >= 0.3 is 5.97 Å². The van der Waals surface area contributed by atoms with Crippen LogP contribution in [0.15, 0.2) is 48.7 Å². The number of nitrogens with one attached hydrogen (secondary N) is 1. The lowest BCUT2D eigenvalue weighted by Crippen LogP contribution is -1.97. The first-order valence-corrected chi connectivity index (χ1v) is 6.14. The number of halogens is 1. The zero-order valence-corrected chi connectivity index (χ0v) is 10.6. The van der Waals surface area contributed by atoms with Crippen molar-refractivity contribution in [3.63, 3.8) is 0 Å². The molecule has 0 radical (unpaired) electrons. The smallest absolute Gasteiger partial charge is 0.337 e. The average Bonchev–Trinajstić information content (AvgIpc) is 2.83. The Balaban J connectivity index is 2.22. The number of para-hydroxylation sites is 1. The molecule has 0 atom stereocenters. The second-order valence-corrected chi connectivity index (χ2v) is 4.65. The number of aromatic nitrogens is 1. The zero-order valence-electron chi connectivity index (χ0n) is 9.85. The first-order valence-electron chi connectivity index (χ1n) is 5.76. The predicted molar refractivity (Wildman–Crippen MR) is 75.7 cm³/mol. The monoisotopic (exact) mass is 271 g/mol. The predicted octanol–water partition coefficient (Wildman–Crippen LogP) is 4.19. The van der Waals surface area contributed by atoms with Crippen LogP contribution >= 0.6 is 11.6 Å². The van der Waals surface area contributed by atoms with E-state index >= 15 is 0 Å². The summed E-state index contributed by atoms with van der Waals surface area (Å²) in [5.74, 6) is -1.02. The molecular weight excluding hydrogens is 262 g/mol. The van der Waals surface area contributed by atoms with E-state index in [2.05, 4.69) is 4.98 Å². The zero-order chi connectivity index (χ0) is 13.4. The van der Waals surface area contributed by atoms with E-state index in [1.807, 2.05) is 36.5 Å². The Bertz CT molecular complexity index is 777. The molecule has 0 fully saturated rings. The van der Waals surface area contributed by atoms with Gasteiger partial charge in [0.05, 0.1) is 10.6 Å². The fourth-order valence-electron chi connectivity index (χ4n) is 2.17. The van der Waals surface area contributed by atoms with E-state index in [-0.39, 0.29) is 10.6 Å². The van der Waals surface area contributed by atoms with Crippen molar-refractivity contribution in [2.75, 3.05) is 0 Å². The molecule has 0 spiro atoms. The third kappa shape index (κ3) is 1.98. The van der Waals surface area contributed by atoms with Crippen LogP contribution in [-0.4, -0.2) is 16.1 Å². The maximum Gasteiger partial charge on any atom is 0.337 e. The second kappa shape index (κ2) is 4.44. The van der Waals surface area contributed by atoms with Gasteiger partial charge in [0.15, 0.2) is 0 Å². The van der Waals surface area contributed by atoms with Crippen LogP contribution in [0.5, 0.6) is 0 Å². The van der Waals surface area contributed by atoms with Crippen LogP contribution < -0.4 is 0 Å². The van der Waals surface area contributed by atoms with Gasteiger partial charge < -0.3 is 10.1 Å². The van der Waals surface area contributed by atoms with Crippen molar-refractivity contribution in [1.29, 1.82) is 0 Å². The molecular formula is C15H10ClNO2. The molecule has 0 unspecified atom stereocenters. The van der Waals surface area contributed by atoms with Crippen LogP contribution in [0.4, 0.5) is 0 Å². The highest BCUT2D eigenvalue weighted by atomic mass is 35.5. The molecule has 94 valence electrons. The fraction of sp³-hybridized carbons (Fsp3) is 0. The topological polar surface area (TPSA) is 53.1 Å². The minimum atomic E-state index is -1.02. The summed E-state index contributed by atoms with van der Waals surface area (Å²) in [5, 5.41) is 10.4. The second-order valence-electron chi connectivity index (χ2n) is 4.25. The Morgan fingerprint density at radius 3 is 2.74 bits per heavy atom. The van der Waals surface area contributed by atoms with Gasteiger partial charge in [-0.3, -0.25) is 0 Å². The summed E-state index contributed by atoms with van der Waals surface area (Å²) in [6.07, 6.45) is 1.87. The van der Waals surface area contributed by atoms with Crippen LogP contribution in [0.2, 0.25) is 5.02 Å². The lowest BCUT2D eigenvalue weighted by atomic mass is 10.0. The van der Waals surface area contributed by atoms with Crippen molar-refractivity contribution in [3.05, 3.63) is 59.2 Å². The highest BCUT2D eigenvalue weighted by Crippen LogP contribution is 2.30. The number of aromatic carboxylic acids is 1. The first kappa shape index (κ1) is 11.8. The summed E-state index contributed by atoms with van der Waals surface area (Å²) in [6.45, 7) is 0. The highest BCUT2D eigenvalue weighted by molar-refractivity contribution is 6.33. The van der Waals surface area contributed by atoms with Crippen molar-refractivity contribution in [1.82, 2.24) is 4.98 Å². The van der Waals surface area contributed by atoms with Gasteiger partial charge in [-0.2, -0.15) is 0 Å². The summed E-state index contributed by atoms with van der Waals surface area (Å²) in [5.41, 5.74) is 2.93.